The third-order valence-corrected chi connectivity index (χ3v) is 5.11. The Bertz CT molecular complexity index is 790. The zero-order valence-electron chi connectivity index (χ0n) is 16.2. The maximum absolute atomic E-state index is 6.02. The molecule has 2 unspecified atom stereocenters. The summed E-state index contributed by atoms with van der Waals surface area (Å²) < 4.78 is 5.34. The van der Waals surface area contributed by atoms with Crippen LogP contribution in [0, 0.1) is 5.92 Å². The van der Waals surface area contributed by atoms with Crippen molar-refractivity contribution in [3.63, 3.8) is 0 Å². The molecule has 0 bridgehead atoms. The first-order chi connectivity index (χ1) is 13.0. The number of hydrogen-bond acceptors (Lipinski definition) is 5. The summed E-state index contributed by atoms with van der Waals surface area (Å²) in [6.07, 6.45) is 0. The first-order valence-corrected chi connectivity index (χ1v) is 9.63. The van der Waals surface area contributed by atoms with Crippen molar-refractivity contribution >= 4 is 17.6 Å². The largest absolute Gasteiger partial charge is 0.352 e. The Balaban J connectivity index is 1.56. The summed E-state index contributed by atoms with van der Waals surface area (Å²) in [5, 5.41) is 11.4. The van der Waals surface area contributed by atoms with Crippen LogP contribution in [0.4, 0.5) is 0 Å². The summed E-state index contributed by atoms with van der Waals surface area (Å²) in [7, 11) is 1.76. The van der Waals surface area contributed by atoms with E-state index in [2.05, 4.69) is 51.4 Å². The van der Waals surface area contributed by atoms with E-state index in [1.54, 1.807) is 7.05 Å². The minimum absolute atomic E-state index is 0.364. The monoisotopic (exact) mass is 390 g/mol. The molecular weight excluding hydrogens is 364 g/mol. The highest BCUT2D eigenvalue weighted by Gasteiger charge is 2.31. The molecule has 1 saturated heterocycles. The highest BCUT2D eigenvalue weighted by molar-refractivity contribution is 6.30. The Kier molecular flexibility index (Phi) is 6.34. The van der Waals surface area contributed by atoms with Gasteiger partial charge in [0.2, 0.25) is 11.7 Å². The Morgan fingerprint density at radius 2 is 2.22 bits per heavy atom. The molecule has 7 nitrogen and oxygen atoms in total. The van der Waals surface area contributed by atoms with Gasteiger partial charge in [0, 0.05) is 42.8 Å². The van der Waals surface area contributed by atoms with E-state index in [4.69, 9.17) is 16.1 Å². The maximum atomic E-state index is 6.02. The topological polar surface area (TPSA) is 78.6 Å². The van der Waals surface area contributed by atoms with Gasteiger partial charge in [-0.1, -0.05) is 35.8 Å². The fourth-order valence-electron chi connectivity index (χ4n) is 3.21. The fourth-order valence-corrected chi connectivity index (χ4v) is 3.41. The highest BCUT2D eigenvalue weighted by atomic mass is 35.5. The molecule has 1 aliphatic rings. The molecule has 2 heterocycles. The van der Waals surface area contributed by atoms with Gasteiger partial charge in [-0.2, -0.15) is 4.98 Å². The van der Waals surface area contributed by atoms with Gasteiger partial charge >= 0.3 is 0 Å². The molecule has 2 aromatic rings. The molecule has 1 aromatic heterocycles. The number of aromatic nitrogens is 2. The molecule has 1 aliphatic heterocycles. The van der Waals surface area contributed by atoms with Gasteiger partial charge in [0.1, 0.15) is 0 Å². The van der Waals surface area contributed by atoms with E-state index in [-0.39, 0.29) is 0 Å². The number of halogens is 1. The van der Waals surface area contributed by atoms with Crippen molar-refractivity contribution in [2.75, 3.05) is 20.1 Å². The summed E-state index contributed by atoms with van der Waals surface area (Å²) in [5.74, 6) is 2.31. The summed E-state index contributed by atoms with van der Waals surface area (Å²) in [6, 6.07) is 8.30. The van der Waals surface area contributed by atoms with Crippen LogP contribution in [0.5, 0.6) is 0 Å². The maximum Gasteiger partial charge on any atom is 0.246 e. The lowest BCUT2D eigenvalue weighted by atomic mass is 10.1. The van der Waals surface area contributed by atoms with Crippen LogP contribution in [-0.4, -0.2) is 53.2 Å². The number of nitrogens with zero attached hydrogens (tertiary/aromatic N) is 4. The number of guanidine groups is 1. The average molecular weight is 391 g/mol. The van der Waals surface area contributed by atoms with Gasteiger partial charge in [-0.15, -0.1) is 0 Å². The third kappa shape index (κ3) is 4.99. The molecule has 0 radical (unpaired) electrons. The van der Waals surface area contributed by atoms with E-state index in [0.717, 1.165) is 24.6 Å². The highest BCUT2D eigenvalue weighted by Crippen LogP contribution is 2.20. The fraction of sp³-hybridized carbons (Fsp3) is 0.526. The zero-order chi connectivity index (χ0) is 19.4. The second-order valence-electron chi connectivity index (χ2n) is 7.22. The van der Waals surface area contributed by atoms with E-state index >= 15 is 0 Å². The van der Waals surface area contributed by atoms with E-state index in [0.29, 0.717) is 41.3 Å². The van der Waals surface area contributed by atoms with E-state index in [1.165, 1.54) is 0 Å². The second kappa shape index (κ2) is 8.71. The molecule has 1 aromatic carbocycles. The Morgan fingerprint density at radius 3 is 2.89 bits per heavy atom. The number of nitrogens with one attached hydrogen (secondary N) is 2. The lowest BCUT2D eigenvalue weighted by Gasteiger charge is -2.21. The molecule has 2 atom stereocenters. The van der Waals surface area contributed by atoms with Crippen LogP contribution in [-0.2, 0) is 6.54 Å². The van der Waals surface area contributed by atoms with Gasteiger partial charge in [0.25, 0.3) is 0 Å². The van der Waals surface area contributed by atoms with Gasteiger partial charge in [-0.05, 0) is 31.9 Å². The zero-order valence-corrected chi connectivity index (χ0v) is 17.0. The van der Waals surface area contributed by atoms with Crippen molar-refractivity contribution in [1.29, 1.82) is 0 Å². The number of hydrogen-bond donors (Lipinski definition) is 2. The predicted octanol–water partition coefficient (Wildman–Crippen LogP) is 2.78. The van der Waals surface area contributed by atoms with Gasteiger partial charge in [0.05, 0.1) is 6.54 Å². The molecule has 0 saturated carbocycles. The molecular formula is C19H27ClN6O. The minimum Gasteiger partial charge on any atom is -0.352 e. The van der Waals surface area contributed by atoms with Crippen molar-refractivity contribution in [2.45, 2.75) is 39.4 Å². The summed E-state index contributed by atoms with van der Waals surface area (Å²) in [4.78, 5) is 11.2. The predicted molar refractivity (Wildman–Crippen MR) is 108 cm³/mol. The van der Waals surface area contributed by atoms with E-state index in [1.807, 2.05) is 24.3 Å². The molecule has 27 heavy (non-hydrogen) atoms. The molecule has 0 aliphatic carbocycles. The lowest BCUT2D eigenvalue weighted by molar-refractivity contribution is 0.265. The number of likely N-dealkylation sites (tertiary alicyclic amines) is 1. The van der Waals surface area contributed by atoms with Crippen molar-refractivity contribution in [2.24, 2.45) is 10.9 Å². The van der Waals surface area contributed by atoms with Crippen LogP contribution in [0.15, 0.2) is 33.8 Å². The molecule has 146 valence electrons. The summed E-state index contributed by atoms with van der Waals surface area (Å²) >= 11 is 6.02. The number of benzene rings is 1. The number of aliphatic imine (C=N–C) groups is 1. The van der Waals surface area contributed by atoms with E-state index < -0.39 is 0 Å². The first kappa shape index (κ1) is 19.6. The normalized spacial score (nSPS) is 21.0. The van der Waals surface area contributed by atoms with Gasteiger partial charge in [0.15, 0.2) is 5.96 Å². The standard InChI is InChI=1S/C19H27ClN6O/c1-12(2)26-10-13(3)16(11-26)23-19(21-4)22-9-17-24-18(25-27-17)14-6-5-7-15(20)8-14/h5-8,12-13,16H,9-11H2,1-4H3,(H2,21,22,23). The lowest BCUT2D eigenvalue weighted by Crippen LogP contribution is -2.46. The van der Waals surface area contributed by atoms with Crippen LogP contribution >= 0.6 is 11.6 Å². The van der Waals surface area contributed by atoms with Crippen LogP contribution < -0.4 is 10.6 Å². The van der Waals surface area contributed by atoms with Gasteiger partial charge in [-0.25, -0.2) is 0 Å². The molecule has 1 fully saturated rings. The van der Waals surface area contributed by atoms with Gasteiger partial charge < -0.3 is 15.2 Å². The van der Waals surface area contributed by atoms with Crippen molar-refractivity contribution in [3.8, 4) is 11.4 Å². The first-order valence-electron chi connectivity index (χ1n) is 9.26. The second-order valence-corrected chi connectivity index (χ2v) is 7.66. The molecule has 3 rings (SSSR count). The SMILES string of the molecule is CN=C(NCc1nc(-c2cccc(Cl)c2)no1)NC1CN(C(C)C)CC1C. The Morgan fingerprint density at radius 1 is 1.41 bits per heavy atom. The summed E-state index contributed by atoms with van der Waals surface area (Å²) in [5.41, 5.74) is 0.827. The average Bonchev–Trinajstić information content (AvgIpc) is 3.25. The molecule has 0 spiro atoms. The molecule has 0 amide bonds. The van der Waals surface area contributed by atoms with Crippen molar-refractivity contribution in [3.05, 3.63) is 35.2 Å². The Labute approximate surface area is 165 Å². The van der Waals surface area contributed by atoms with E-state index in [9.17, 15) is 0 Å². The van der Waals surface area contributed by atoms with Crippen molar-refractivity contribution < 1.29 is 4.52 Å². The van der Waals surface area contributed by atoms with Crippen LogP contribution in [0.1, 0.15) is 26.7 Å². The molecule has 2 N–H and O–H groups in total. The van der Waals surface area contributed by atoms with Crippen LogP contribution in [0.3, 0.4) is 0 Å². The number of rotatable bonds is 5. The van der Waals surface area contributed by atoms with Crippen molar-refractivity contribution in [1.82, 2.24) is 25.7 Å². The Hall–Kier alpha value is -2.12. The van der Waals surface area contributed by atoms with Crippen LogP contribution in [0.2, 0.25) is 5.02 Å². The quantitative estimate of drug-likeness (QED) is 0.603. The molecule has 8 heteroatoms. The third-order valence-electron chi connectivity index (χ3n) is 4.87. The van der Waals surface area contributed by atoms with Crippen LogP contribution in [0.25, 0.3) is 11.4 Å². The summed E-state index contributed by atoms with van der Waals surface area (Å²) in [6.45, 7) is 9.24. The minimum atomic E-state index is 0.364. The van der Waals surface area contributed by atoms with Gasteiger partial charge in [-0.3, -0.25) is 9.89 Å². The smallest absolute Gasteiger partial charge is 0.246 e.